The minimum absolute atomic E-state index is 0. The summed E-state index contributed by atoms with van der Waals surface area (Å²) in [5.74, 6) is 0.0908. The number of likely N-dealkylation sites (N-methyl/N-ethyl adjacent to an activating group) is 1. The number of hydrogen-bond acceptors (Lipinski definition) is 3. The molecule has 4 nitrogen and oxygen atoms in total. The van der Waals surface area contributed by atoms with Gasteiger partial charge in [-0.25, -0.2) is 0 Å². The third-order valence-corrected chi connectivity index (χ3v) is 3.31. The molecule has 1 unspecified atom stereocenters. The lowest BCUT2D eigenvalue weighted by molar-refractivity contribution is -0.139. The van der Waals surface area contributed by atoms with Crippen molar-refractivity contribution in [1.29, 1.82) is 0 Å². The van der Waals surface area contributed by atoms with Crippen LogP contribution in [-0.4, -0.2) is 54.5 Å². The summed E-state index contributed by atoms with van der Waals surface area (Å²) in [7, 11) is 2.09. The molecule has 1 fully saturated rings. The number of nitrogens with zero attached hydrogens (tertiary/aromatic N) is 2. The van der Waals surface area contributed by atoms with Gasteiger partial charge in [0.15, 0.2) is 0 Å². The van der Waals surface area contributed by atoms with E-state index in [1.807, 2.05) is 25.7 Å². The predicted molar refractivity (Wildman–Crippen MR) is 80.6 cm³/mol. The molecule has 1 saturated heterocycles. The van der Waals surface area contributed by atoms with Gasteiger partial charge in [-0.3, -0.25) is 4.79 Å². The van der Waals surface area contributed by atoms with Crippen molar-refractivity contribution < 1.29 is 4.79 Å². The number of nitrogens with two attached hydrogens (primary N) is 1. The van der Waals surface area contributed by atoms with Crippen LogP contribution in [0.5, 0.6) is 0 Å². The highest BCUT2D eigenvalue weighted by Gasteiger charge is 2.34. The Hall–Kier alpha value is -0.0300. The molecule has 1 aliphatic heterocycles. The van der Waals surface area contributed by atoms with Gasteiger partial charge in [-0.15, -0.1) is 24.8 Å². The van der Waals surface area contributed by atoms with E-state index >= 15 is 0 Å². The van der Waals surface area contributed by atoms with Gasteiger partial charge in [0.05, 0.1) is 6.04 Å². The minimum Gasteiger partial charge on any atom is -0.336 e. The second-order valence-electron chi connectivity index (χ2n) is 5.99. The van der Waals surface area contributed by atoms with Gasteiger partial charge < -0.3 is 15.5 Å². The molecule has 0 saturated carbocycles. The molecular weight excluding hydrogens is 273 g/mol. The van der Waals surface area contributed by atoms with Crippen molar-refractivity contribution in [2.45, 2.75) is 39.8 Å². The second-order valence-corrected chi connectivity index (χ2v) is 5.99. The molecule has 0 radical (unpaired) electrons. The average Bonchev–Trinajstić information content (AvgIpc) is 2.14. The lowest BCUT2D eigenvalue weighted by Gasteiger charge is -2.41. The highest BCUT2D eigenvalue weighted by molar-refractivity contribution is 5.85. The predicted octanol–water partition coefficient (Wildman–Crippen LogP) is 1.37. The number of carbonyl (C=O) groups excluding carboxylic acids is 1. The van der Waals surface area contributed by atoms with E-state index in [0.717, 1.165) is 19.6 Å². The molecule has 0 spiro atoms. The molecule has 0 aromatic rings. The third kappa shape index (κ3) is 4.92. The fourth-order valence-electron chi connectivity index (χ4n) is 2.02. The Morgan fingerprint density at radius 2 is 1.78 bits per heavy atom. The van der Waals surface area contributed by atoms with Crippen molar-refractivity contribution in [3.63, 3.8) is 0 Å². The molecule has 6 heteroatoms. The Labute approximate surface area is 123 Å². The Kier molecular flexibility index (Phi) is 8.49. The van der Waals surface area contributed by atoms with Crippen molar-refractivity contribution >= 4 is 30.7 Å². The average molecular weight is 300 g/mol. The van der Waals surface area contributed by atoms with E-state index in [0.29, 0.717) is 0 Å². The van der Waals surface area contributed by atoms with Crippen LogP contribution >= 0.6 is 24.8 Å². The molecule has 0 aromatic heterocycles. The van der Waals surface area contributed by atoms with Crippen molar-refractivity contribution in [2.24, 2.45) is 11.1 Å². The van der Waals surface area contributed by atoms with Crippen molar-refractivity contribution in [1.82, 2.24) is 9.80 Å². The van der Waals surface area contributed by atoms with Crippen molar-refractivity contribution in [3.05, 3.63) is 0 Å². The van der Waals surface area contributed by atoms with Gasteiger partial charge in [0.1, 0.15) is 0 Å². The Morgan fingerprint density at radius 3 is 2.17 bits per heavy atom. The van der Waals surface area contributed by atoms with E-state index in [4.69, 9.17) is 5.73 Å². The van der Waals surface area contributed by atoms with Crippen molar-refractivity contribution in [3.8, 4) is 0 Å². The Balaban J connectivity index is 0. The van der Waals surface area contributed by atoms with Crippen molar-refractivity contribution in [2.75, 3.05) is 26.7 Å². The van der Waals surface area contributed by atoms with Gasteiger partial charge in [0.2, 0.25) is 5.91 Å². The van der Waals surface area contributed by atoms with E-state index in [1.54, 1.807) is 0 Å². The molecule has 1 rings (SSSR count). The summed E-state index contributed by atoms with van der Waals surface area (Å²) in [6, 6.07) is -0.141. The maximum Gasteiger partial charge on any atom is 0.240 e. The Bertz CT molecular complexity index is 269. The summed E-state index contributed by atoms with van der Waals surface area (Å²) in [4.78, 5) is 16.4. The van der Waals surface area contributed by atoms with Gasteiger partial charge in [0.25, 0.3) is 0 Å². The Morgan fingerprint density at radius 1 is 1.28 bits per heavy atom. The molecule has 0 aromatic carbocycles. The normalized spacial score (nSPS) is 22.8. The van der Waals surface area contributed by atoms with E-state index < -0.39 is 6.04 Å². The maximum atomic E-state index is 12.2. The first-order chi connectivity index (χ1) is 7.23. The van der Waals surface area contributed by atoms with Crippen LogP contribution in [0.3, 0.4) is 0 Å². The number of hydrogen-bond donors (Lipinski definition) is 1. The van der Waals surface area contributed by atoms with Gasteiger partial charge in [-0.2, -0.15) is 0 Å². The highest BCUT2D eigenvalue weighted by atomic mass is 35.5. The van der Waals surface area contributed by atoms with Crippen LogP contribution in [0.4, 0.5) is 0 Å². The zero-order chi connectivity index (χ0) is 12.5. The fourth-order valence-corrected chi connectivity index (χ4v) is 2.02. The lowest BCUT2D eigenvalue weighted by Crippen LogP contribution is -2.59. The molecule has 1 heterocycles. The van der Waals surface area contributed by atoms with Crippen LogP contribution in [0.1, 0.15) is 27.7 Å². The standard InChI is InChI=1S/C12H25N3O.2ClH/c1-9-8-14(5)6-7-15(9)11(16)10(13)12(2,3)4;;/h9-10H,6-8,13H2,1-5H3;2*1H/t9?,10-;;/m1../s1. The van der Waals surface area contributed by atoms with E-state index in [-0.39, 0.29) is 42.2 Å². The lowest BCUT2D eigenvalue weighted by atomic mass is 9.86. The third-order valence-electron chi connectivity index (χ3n) is 3.31. The zero-order valence-corrected chi connectivity index (χ0v) is 13.6. The molecule has 110 valence electrons. The minimum atomic E-state index is -0.404. The number of rotatable bonds is 1. The molecule has 18 heavy (non-hydrogen) atoms. The largest absolute Gasteiger partial charge is 0.336 e. The van der Waals surface area contributed by atoms with Crippen LogP contribution < -0.4 is 5.73 Å². The molecule has 1 amide bonds. The summed E-state index contributed by atoms with van der Waals surface area (Å²) in [6.45, 7) is 10.8. The smallest absolute Gasteiger partial charge is 0.240 e. The van der Waals surface area contributed by atoms with Crippen LogP contribution in [0.25, 0.3) is 0 Å². The first kappa shape index (κ1) is 20.3. The fraction of sp³-hybridized carbons (Fsp3) is 0.917. The summed E-state index contributed by atoms with van der Waals surface area (Å²) in [5.41, 5.74) is 5.85. The molecule has 2 N–H and O–H groups in total. The molecular formula is C12H27Cl2N3O. The van der Waals surface area contributed by atoms with E-state index in [1.165, 1.54) is 0 Å². The summed E-state index contributed by atoms with van der Waals surface area (Å²) >= 11 is 0. The van der Waals surface area contributed by atoms with E-state index in [2.05, 4.69) is 18.9 Å². The van der Waals surface area contributed by atoms with Crippen LogP contribution in [0.2, 0.25) is 0 Å². The van der Waals surface area contributed by atoms with Crippen LogP contribution in [0, 0.1) is 5.41 Å². The number of amides is 1. The first-order valence-corrected chi connectivity index (χ1v) is 5.98. The quantitative estimate of drug-likeness (QED) is 0.795. The number of halogens is 2. The second kappa shape index (κ2) is 7.53. The van der Waals surface area contributed by atoms with Gasteiger partial charge in [0, 0.05) is 25.7 Å². The number of carbonyl (C=O) groups is 1. The monoisotopic (exact) mass is 299 g/mol. The van der Waals surface area contributed by atoms with Gasteiger partial charge >= 0.3 is 0 Å². The SMILES string of the molecule is CC1CN(C)CCN1C(=O)[C@@H](N)C(C)(C)C.Cl.Cl. The molecule has 0 bridgehead atoms. The topological polar surface area (TPSA) is 49.6 Å². The zero-order valence-electron chi connectivity index (χ0n) is 12.0. The molecule has 2 atom stereocenters. The van der Waals surface area contributed by atoms with Gasteiger partial charge in [-0.05, 0) is 19.4 Å². The van der Waals surface area contributed by atoms with E-state index in [9.17, 15) is 4.79 Å². The molecule has 0 aliphatic carbocycles. The van der Waals surface area contributed by atoms with Gasteiger partial charge in [-0.1, -0.05) is 20.8 Å². The highest BCUT2D eigenvalue weighted by Crippen LogP contribution is 2.21. The van der Waals surface area contributed by atoms with Crippen LogP contribution in [-0.2, 0) is 4.79 Å². The summed E-state index contributed by atoms with van der Waals surface area (Å²) < 4.78 is 0. The van der Waals surface area contributed by atoms with Crippen LogP contribution in [0.15, 0.2) is 0 Å². The maximum absolute atomic E-state index is 12.2. The molecule has 1 aliphatic rings. The number of piperazine rings is 1. The summed E-state index contributed by atoms with van der Waals surface area (Å²) in [6.07, 6.45) is 0. The first-order valence-electron chi connectivity index (χ1n) is 5.98. The summed E-state index contributed by atoms with van der Waals surface area (Å²) in [5, 5.41) is 0.